The summed E-state index contributed by atoms with van der Waals surface area (Å²) in [4.78, 5) is 38.0. The Morgan fingerprint density at radius 3 is 2.39 bits per heavy atom. The predicted molar refractivity (Wildman–Crippen MR) is 123 cm³/mol. The zero-order chi connectivity index (χ0) is 23.8. The molecule has 182 valence electrons. The lowest BCUT2D eigenvalue weighted by molar-refractivity contribution is -0.151. The van der Waals surface area contributed by atoms with E-state index < -0.39 is 28.5 Å². The molecule has 2 amide bonds. The molecule has 10 heteroatoms. The zero-order valence-electron chi connectivity index (χ0n) is 19.2. The Bertz CT molecular complexity index is 970. The second-order valence-electron chi connectivity index (χ2n) is 8.63. The first kappa shape index (κ1) is 25.2. The molecule has 1 aromatic carbocycles. The number of nitrogens with one attached hydrogen (secondary N) is 1. The van der Waals surface area contributed by atoms with E-state index in [-0.39, 0.29) is 17.3 Å². The van der Waals surface area contributed by atoms with Gasteiger partial charge in [-0.15, -0.1) is 0 Å². The fraction of sp³-hybridized carbons (Fsp3) is 0.609. The first-order valence-corrected chi connectivity index (χ1v) is 13.1. The van der Waals surface area contributed by atoms with Crippen molar-refractivity contribution in [1.82, 2.24) is 9.21 Å². The van der Waals surface area contributed by atoms with Crippen molar-refractivity contribution < 1.29 is 27.5 Å². The number of carbonyl (C=O) groups excluding carboxylic acids is 3. The highest BCUT2D eigenvalue weighted by molar-refractivity contribution is 7.89. The van der Waals surface area contributed by atoms with Gasteiger partial charge in [0, 0.05) is 31.7 Å². The summed E-state index contributed by atoms with van der Waals surface area (Å²) in [5, 5.41) is 2.60. The molecule has 2 fully saturated rings. The van der Waals surface area contributed by atoms with Gasteiger partial charge < -0.3 is 15.0 Å². The molecular weight excluding hydrogens is 446 g/mol. The number of amides is 2. The Balaban J connectivity index is 1.57. The first-order chi connectivity index (χ1) is 15.8. The maximum absolute atomic E-state index is 13.2. The molecule has 0 radical (unpaired) electrons. The number of carbonyl (C=O) groups is 3. The molecule has 2 aliphatic rings. The van der Waals surface area contributed by atoms with Gasteiger partial charge in [-0.1, -0.05) is 25.3 Å². The van der Waals surface area contributed by atoms with Gasteiger partial charge in [0.25, 0.3) is 5.91 Å². The minimum Gasteiger partial charge on any atom is -0.454 e. The van der Waals surface area contributed by atoms with E-state index in [1.807, 2.05) is 0 Å². The van der Waals surface area contributed by atoms with E-state index in [0.29, 0.717) is 37.3 Å². The summed E-state index contributed by atoms with van der Waals surface area (Å²) in [5.41, 5.74) is 0.920. The summed E-state index contributed by atoms with van der Waals surface area (Å²) >= 11 is 0. The molecular formula is C23H33N3O6S. The molecule has 2 aliphatic heterocycles. The van der Waals surface area contributed by atoms with Crippen molar-refractivity contribution in [3.63, 3.8) is 0 Å². The average molecular weight is 480 g/mol. The number of likely N-dealkylation sites (tertiary alicyclic amines) is 1. The number of hydrogen-bond acceptors (Lipinski definition) is 6. The molecule has 0 aliphatic carbocycles. The third-order valence-electron chi connectivity index (χ3n) is 6.01. The van der Waals surface area contributed by atoms with E-state index in [2.05, 4.69) is 5.32 Å². The summed E-state index contributed by atoms with van der Waals surface area (Å²) in [6, 6.07) is 4.72. The largest absolute Gasteiger partial charge is 0.454 e. The Kier molecular flexibility index (Phi) is 8.85. The molecule has 0 atom stereocenters. The van der Waals surface area contributed by atoms with E-state index in [1.165, 1.54) is 15.3 Å². The van der Waals surface area contributed by atoms with Crippen LogP contribution >= 0.6 is 0 Å². The molecule has 33 heavy (non-hydrogen) atoms. The van der Waals surface area contributed by atoms with Crippen LogP contribution in [0.1, 0.15) is 56.9 Å². The topological polar surface area (TPSA) is 113 Å². The SMILES string of the molecule is Cc1ccc(NC(=O)COC(=O)CN2CCCCCC2=O)cc1S(=O)(=O)N1CCCCCC1. The lowest BCUT2D eigenvalue weighted by atomic mass is 10.2. The predicted octanol–water partition coefficient (Wildman–Crippen LogP) is 2.44. The molecule has 9 nitrogen and oxygen atoms in total. The van der Waals surface area contributed by atoms with E-state index in [9.17, 15) is 22.8 Å². The lowest BCUT2D eigenvalue weighted by Crippen LogP contribution is -2.36. The Hall–Kier alpha value is -2.46. The Morgan fingerprint density at radius 2 is 1.67 bits per heavy atom. The highest BCUT2D eigenvalue weighted by Crippen LogP contribution is 2.25. The fourth-order valence-corrected chi connectivity index (χ4v) is 5.90. The van der Waals surface area contributed by atoms with Crippen LogP contribution in [0.25, 0.3) is 0 Å². The smallest absolute Gasteiger partial charge is 0.326 e. The molecule has 3 rings (SSSR count). The number of hydrogen-bond donors (Lipinski definition) is 1. The molecule has 0 aromatic heterocycles. The van der Waals surface area contributed by atoms with Crippen molar-refractivity contribution in [3.05, 3.63) is 23.8 Å². The number of esters is 1. The Morgan fingerprint density at radius 1 is 1.00 bits per heavy atom. The number of anilines is 1. The van der Waals surface area contributed by atoms with Crippen molar-refractivity contribution in [2.75, 3.05) is 38.1 Å². The van der Waals surface area contributed by atoms with Crippen molar-refractivity contribution in [2.45, 2.75) is 63.2 Å². The number of benzene rings is 1. The summed E-state index contributed by atoms with van der Waals surface area (Å²) in [6.07, 6.45) is 6.74. The van der Waals surface area contributed by atoms with Crippen LogP contribution in [0.2, 0.25) is 0 Å². The van der Waals surface area contributed by atoms with Gasteiger partial charge in [0.15, 0.2) is 6.61 Å². The lowest BCUT2D eigenvalue weighted by Gasteiger charge is -2.21. The molecule has 0 unspecified atom stereocenters. The minimum atomic E-state index is -3.67. The van der Waals surface area contributed by atoms with Gasteiger partial charge >= 0.3 is 5.97 Å². The summed E-state index contributed by atoms with van der Waals surface area (Å²) in [6.45, 7) is 2.54. The van der Waals surface area contributed by atoms with Gasteiger partial charge in [0.1, 0.15) is 6.54 Å². The maximum Gasteiger partial charge on any atom is 0.326 e. The number of aryl methyl sites for hydroxylation is 1. The van der Waals surface area contributed by atoms with Crippen LogP contribution in [0, 0.1) is 6.92 Å². The number of sulfonamides is 1. The molecule has 0 spiro atoms. The van der Waals surface area contributed by atoms with Crippen molar-refractivity contribution in [1.29, 1.82) is 0 Å². The second-order valence-corrected chi connectivity index (χ2v) is 10.5. The van der Waals surface area contributed by atoms with Crippen LogP contribution in [0.5, 0.6) is 0 Å². The van der Waals surface area contributed by atoms with Crippen LogP contribution in [-0.4, -0.2) is 68.2 Å². The third kappa shape index (κ3) is 7.01. The first-order valence-electron chi connectivity index (χ1n) is 11.6. The standard InChI is InChI=1S/C23H33N3O6S/c1-18-10-11-19(15-20(18)33(30,31)26-13-7-2-3-8-14-26)24-21(27)17-32-23(29)16-25-12-6-4-5-9-22(25)28/h10-11,15H,2-9,12-14,16-17H2,1H3,(H,24,27). The van der Waals surface area contributed by atoms with Crippen molar-refractivity contribution in [3.8, 4) is 0 Å². The average Bonchev–Trinajstić information content (AvgIpc) is 3.17. The van der Waals surface area contributed by atoms with E-state index >= 15 is 0 Å². The van der Waals surface area contributed by atoms with E-state index in [4.69, 9.17) is 4.74 Å². The highest BCUT2D eigenvalue weighted by atomic mass is 32.2. The zero-order valence-corrected chi connectivity index (χ0v) is 20.0. The molecule has 1 aromatic rings. The van der Waals surface area contributed by atoms with Crippen LogP contribution in [0.15, 0.2) is 23.1 Å². The van der Waals surface area contributed by atoms with Crippen molar-refractivity contribution >= 4 is 33.5 Å². The monoisotopic (exact) mass is 479 g/mol. The van der Waals surface area contributed by atoms with E-state index in [0.717, 1.165) is 44.9 Å². The van der Waals surface area contributed by atoms with Crippen LogP contribution in [0.4, 0.5) is 5.69 Å². The third-order valence-corrected chi connectivity index (χ3v) is 8.05. The molecule has 2 saturated heterocycles. The summed E-state index contributed by atoms with van der Waals surface area (Å²) in [5.74, 6) is -1.30. The second kappa shape index (κ2) is 11.6. The van der Waals surface area contributed by atoms with Gasteiger partial charge in [-0.3, -0.25) is 14.4 Å². The van der Waals surface area contributed by atoms with Crippen LogP contribution < -0.4 is 5.32 Å². The quantitative estimate of drug-likeness (QED) is 0.601. The van der Waals surface area contributed by atoms with Gasteiger partial charge in [-0.25, -0.2) is 8.42 Å². The summed E-state index contributed by atoms with van der Waals surface area (Å²) < 4.78 is 32.9. The number of ether oxygens (including phenoxy) is 1. The van der Waals surface area contributed by atoms with Gasteiger partial charge in [0.05, 0.1) is 4.90 Å². The highest BCUT2D eigenvalue weighted by Gasteiger charge is 2.27. The molecule has 0 bridgehead atoms. The minimum absolute atomic E-state index is 0.0771. The van der Waals surface area contributed by atoms with E-state index in [1.54, 1.807) is 19.1 Å². The maximum atomic E-state index is 13.2. The van der Waals surface area contributed by atoms with Gasteiger partial charge in [0.2, 0.25) is 15.9 Å². The number of rotatable bonds is 7. The molecule has 0 saturated carbocycles. The molecule has 1 N–H and O–H groups in total. The van der Waals surface area contributed by atoms with Gasteiger partial charge in [-0.05, 0) is 50.3 Å². The van der Waals surface area contributed by atoms with Crippen LogP contribution in [-0.2, 0) is 29.1 Å². The Labute approximate surface area is 195 Å². The van der Waals surface area contributed by atoms with Crippen LogP contribution in [0.3, 0.4) is 0 Å². The molecule has 2 heterocycles. The normalized spacial score (nSPS) is 18.3. The van der Waals surface area contributed by atoms with Crippen molar-refractivity contribution in [2.24, 2.45) is 0 Å². The van der Waals surface area contributed by atoms with Gasteiger partial charge in [-0.2, -0.15) is 4.31 Å². The number of nitrogens with zero attached hydrogens (tertiary/aromatic N) is 2. The summed E-state index contributed by atoms with van der Waals surface area (Å²) in [7, 11) is -3.67. The fourth-order valence-electron chi connectivity index (χ4n) is 4.13.